The first kappa shape index (κ1) is 13.7. The summed E-state index contributed by atoms with van der Waals surface area (Å²) >= 11 is 1.39. The lowest BCUT2D eigenvalue weighted by molar-refractivity contribution is 0.102. The molecule has 1 amide bonds. The van der Waals surface area contributed by atoms with Gasteiger partial charge in [0.05, 0.1) is 5.56 Å². The fraction of sp³-hybridized carbons (Fsp3) is 0.462. The molecule has 0 radical (unpaired) electrons. The third-order valence-electron chi connectivity index (χ3n) is 2.57. The number of aryl methyl sites for hydroxylation is 2. The molecule has 102 valence electrons. The zero-order valence-corrected chi connectivity index (χ0v) is 12.5. The molecule has 0 spiro atoms. The van der Waals surface area contributed by atoms with Gasteiger partial charge in [-0.3, -0.25) is 10.1 Å². The van der Waals surface area contributed by atoms with Crippen LogP contribution in [0.15, 0.2) is 10.5 Å². The fourth-order valence-corrected chi connectivity index (χ4v) is 2.39. The summed E-state index contributed by atoms with van der Waals surface area (Å²) in [6, 6.07) is 1.72. The van der Waals surface area contributed by atoms with E-state index in [1.165, 1.54) is 11.3 Å². The van der Waals surface area contributed by atoms with E-state index >= 15 is 0 Å². The summed E-state index contributed by atoms with van der Waals surface area (Å²) in [5.41, 5.74) is 0.466. The van der Waals surface area contributed by atoms with Gasteiger partial charge in [-0.15, -0.1) is 10.2 Å². The number of carbonyl (C=O) groups excluding carboxylic acids is 1. The molecule has 19 heavy (non-hydrogen) atoms. The first-order valence-corrected chi connectivity index (χ1v) is 6.81. The van der Waals surface area contributed by atoms with E-state index in [1.807, 2.05) is 6.92 Å². The molecule has 0 fully saturated rings. The van der Waals surface area contributed by atoms with Crippen molar-refractivity contribution in [2.75, 3.05) is 5.32 Å². The van der Waals surface area contributed by atoms with E-state index in [0.717, 1.165) is 10.8 Å². The van der Waals surface area contributed by atoms with E-state index in [-0.39, 0.29) is 11.3 Å². The topological polar surface area (TPSA) is 68.0 Å². The van der Waals surface area contributed by atoms with E-state index in [9.17, 15) is 4.79 Å². The van der Waals surface area contributed by atoms with Gasteiger partial charge >= 0.3 is 0 Å². The zero-order valence-electron chi connectivity index (χ0n) is 11.7. The first-order chi connectivity index (χ1) is 8.77. The minimum atomic E-state index is -0.217. The summed E-state index contributed by atoms with van der Waals surface area (Å²) in [4.78, 5) is 12.1. The molecule has 0 aliphatic carbocycles. The second-order valence-electron chi connectivity index (χ2n) is 5.44. The van der Waals surface area contributed by atoms with Crippen LogP contribution in [0.5, 0.6) is 0 Å². The quantitative estimate of drug-likeness (QED) is 0.915. The average molecular weight is 279 g/mol. The van der Waals surface area contributed by atoms with Gasteiger partial charge < -0.3 is 4.42 Å². The standard InChI is InChI=1S/C13H17N3O2S/c1-7-6-9(8(2)18-7)10(17)14-12-16-15-11(19-12)13(3,4)5/h6H,1-5H3,(H,14,16,17). The van der Waals surface area contributed by atoms with E-state index in [4.69, 9.17) is 4.42 Å². The molecule has 0 bridgehead atoms. The van der Waals surface area contributed by atoms with Crippen LogP contribution in [-0.2, 0) is 5.41 Å². The number of hydrogen-bond acceptors (Lipinski definition) is 5. The normalized spacial score (nSPS) is 11.6. The number of aromatic nitrogens is 2. The van der Waals surface area contributed by atoms with E-state index in [2.05, 4.69) is 36.3 Å². The molecule has 0 unspecified atom stereocenters. The Morgan fingerprint density at radius 2 is 2.00 bits per heavy atom. The molecule has 0 aromatic carbocycles. The molecule has 0 aliphatic heterocycles. The van der Waals surface area contributed by atoms with Crippen molar-refractivity contribution < 1.29 is 9.21 Å². The number of anilines is 1. The SMILES string of the molecule is Cc1cc(C(=O)Nc2nnc(C(C)(C)C)s2)c(C)o1. The lowest BCUT2D eigenvalue weighted by Gasteiger charge is -2.12. The minimum Gasteiger partial charge on any atom is -0.466 e. The second kappa shape index (κ2) is 4.77. The van der Waals surface area contributed by atoms with Crippen molar-refractivity contribution in [3.05, 3.63) is 28.2 Å². The third-order valence-corrected chi connectivity index (χ3v) is 3.84. The fourth-order valence-electron chi connectivity index (χ4n) is 1.60. The van der Waals surface area contributed by atoms with Crippen LogP contribution < -0.4 is 5.32 Å². The molecular formula is C13H17N3O2S. The number of hydrogen-bond donors (Lipinski definition) is 1. The van der Waals surface area contributed by atoms with Crippen LogP contribution >= 0.6 is 11.3 Å². The lowest BCUT2D eigenvalue weighted by atomic mass is 9.98. The zero-order chi connectivity index (χ0) is 14.2. The molecule has 2 rings (SSSR count). The molecule has 2 heterocycles. The van der Waals surface area contributed by atoms with Gasteiger partial charge in [0.25, 0.3) is 5.91 Å². The van der Waals surface area contributed by atoms with Crippen LogP contribution in [-0.4, -0.2) is 16.1 Å². The van der Waals surface area contributed by atoms with Crippen molar-refractivity contribution in [1.29, 1.82) is 0 Å². The van der Waals surface area contributed by atoms with Crippen LogP contribution in [0.1, 0.15) is 47.7 Å². The number of nitrogens with zero attached hydrogens (tertiary/aromatic N) is 2. The summed E-state index contributed by atoms with van der Waals surface area (Å²) in [6.07, 6.45) is 0. The summed E-state index contributed by atoms with van der Waals surface area (Å²) in [6.45, 7) is 9.75. The van der Waals surface area contributed by atoms with Gasteiger partial charge in [0.2, 0.25) is 5.13 Å². The van der Waals surface area contributed by atoms with Crippen LogP contribution in [0.25, 0.3) is 0 Å². The average Bonchev–Trinajstić information content (AvgIpc) is 2.84. The van der Waals surface area contributed by atoms with Crippen molar-refractivity contribution in [1.82, 2.24) is 10.2 Å². The van der Waals surface area contributed by atoms with Crippen molar-refractivity contribution in [2.45, 2.75) is 40.0 Å². The Morgan fingerprint density at radius 3 is 2.47 bits per heavy atom. The summed E-state index contributed by atoms with van der Waals surface area (Å²) in [5.74, 6) is 1.11. The van der Waals surface area contributed by atoms with Gasteiger partial charge in [0.15, 0.2) is 0 Å². The smallest absolute Gasteiger partial charge is 0.261 e. The maximum absolute atomic E-state index is 12.1. The Balaban J connectivity index is 2.16. The van der Waals surface area contributed by atoms with Crippen LogP contribution in [0.4, 0.5) is 5.13 Å². The Bertz CT molecular complexity index is 608. The molecule has 5 nitrogen and oxygen atoms in total. The summed E-state index contributed by atoms with van der Waals surface area (Å²) in [7, 11) is 0. The minimum absolute atomic E-state index is 0.0667. The third kappa shape index (κ3) is 3.01. The molecule has 0 saturated heterocycles. The molecule has 0 atom stereocenters. The van der Waals surface area contributed by atoms with Crippen molar-refractivity contribution >= 4 is 22.4 Å². The largest absolute Gasteiger partial charge is 0.466 e. The van der Waals surface area contributed by atoms with Gasteiger partial charge in [-0.25, -0.2) is 0 Å². The predicted molar refractivity (Wildman–Crippen MR) is 74.7 cm³/mol. The number of furan rings is 1. The van der Waals surface area contributed by atoms with Crippen LogP contribution in [0, 0.1) is 13.8 Å². The highest BCUT2D eigenvalue weighted by molar-refractivity contribution is 7.15. The van der Waals surface area contributed by atoms with Crippen molar-refractivity contribution in [3.8, 4) is 0 Å². The molecule has 2 aromatic heterocycles. The highest BCUT2D eigenvalue weighted by atomic mass is 32.1. The Morgan fingerprint density at radius 1 is 1.32 bits per heavy atom. The van der Waals surface area contributed by atoms with Gasteiger partial charge in [0.1, 0.15) is 16.5 Å². The lowest BCUT2D eigenvalue weighted by Crippen LogP contribution is -2.11. The molecule has 0 aliphatic rings. The monoisotopic (exact) mass is 279 g/mol. The molecule has 6 heteroatoms. The first-order valence-electron chi connectivity index (χ1n) is 6.00. The van der Waals surface area contributed by atoms with E-state index < -0.39 is 0 Å². The van der Waals surface area contributed by atoms with E-state index in [1.54, 1.807) is 13.0 Å². The molecular weight excluding hydrogens is 262 g/mol. The highest BCUT2D eigenvalue weighted by Crippen LogP contribution is 2.28. The maximum Gasteiger partial charge on any atom is 0.261 e. The van der Waals surface area contributed by atoms with Gasteiger partial charge in [-0.2, -0.15) is 0 Å². The maximum atomic E-state index is 12.1. The Labute approximate surface area is 116 Å². The highest BCUT2D eigenvalue weighted by Gasteiger charge is 2.21. The van der Waals surface area contributed by atoms with Crippen molar-refractivity contribution in [3.63, 3.8) is 0 Å². The molecule has 0 saturated carbocycles. The summed E-state index contributed by atoms with van der Waals surface area (Å²) in [5, 5.41) is 12.2. The van der Waals surface area contributed by atoms with Gasteiger partial charge in [-0.05, 0) is 19.9 Å². The van der Waals surface area contributed by atoms with Crippen LogP contribution in [0.2, 0.25) is 0 Å². The van der Waals surface area contributed by atoms with Crippen LogP contribution in [0.3, 0.4) is 0 Å². The van der Waals surface area contributed by atoms with Gasteiger partial charge in [-0.1, -0.05) is 32.1 Å². The number of rotatable bonds is 2. The second-order valence-corrected chi connectivity index (χ2v) is 6.42. The Kier molecular flexibility index (Phi) is 3.45. The Hall–Kier alpha value is -1.69. The molecule has 1 N–H and O–H groups in total. The number of carbonyl (C=O) groups is 1. The van der Waals surface area contributed by atoms with E-state index in [0.29, 0.717) is 16.5 Å². The predicted octanol–water partition coefficient (Wildman–Crippen LogP) is 3.30. The summed E-state index contributed by atoms with van der Waals surface area (Å²) < 4.78 is 5.34. The number of nitrogens with one attached hydrogen (secondary N) is 1. The van der Waals surface area contributed by atoms with Gasteiger partial charge in [0, 0.05) is 5.41 Å². The number of amides is 1. The van der Waals surface area contributed by atoms with Crippen molar-refractivity contribution in [2.24, 2.45) is 0 Å². The molecule has 2 aromatic rings.